The number of nitrogens with two attached hydrogens (primary N) is 1. The maximum atomic E-state index is 13.7. The summed E-state index contributed by atoms with van der Waals surface area (Å²) in [6.07, 6.45) is 5.09. The average Bonchev–Trinajstić information content (AvgIpc) is 2.95. The van der Waals surface area contributed by atoms with Crippen molar-refractivity contribution in [2.45, 2.75) is 31.8 Å². The smallest absolute Gasteiger partial charge is 0.189 e. The molecule has 1 aromatic carbocycles. The van der Waals surface area contributed by atoms with E-state index in [0.717, 1.165) is 5.56 Å². The highest BCUT2D eigenvalue weighted by atomic mass is 19.1. The maximum Gasteiger partial charge on any atom is 0.189 e. The van der Waals surface area contributed by atoms with Gasteiger partial charge in [-0.15, -0.1) is 6.58 Å². The number of carbonyl (C=O) groups excluding carboxylic acids is 1. The highest BCUT2D eigenvalue weighted by Crippen LogP contribution is 2.46. The Balaban J connectivity index is 1.87. The minimum absolute atomic E-state index is 0.0229. The van der Waals surface area contributed by atoms with Gasteiger partial charge in [-0.3, -0.25) is 4.79 Å². The molecule has 0 saturated carbocycles. The van der Waals surface area contributed by atoms with Gasteiger partial charge in [0.1, 0.15) is 17.2 Å². The third-order valence-electron chi connectivity index (χ3n) is 5.03. The number of allylic oxidation sites excluding steroid dienone is 2. The van der Waals surface area contributed by atoms with Crippen LogP contribution in [0.2, 0.25) is 0 Å². The van der Waals surface area contributed by atoms with Crippen LogP contribution < -0.4 is 5.73 Å². The van der Waals surface area contributed by atoms with Gasteiger partial charge in [0, 0.05) is 12.0 Å². The molecule has 0 amide bonds. The number of hydrogen-bond acceptors (Lipinski definition) is 4. The molecule has 1 heterocycles. The molecule has 1 saturated heterocycles. The first kappa shape index (κ1) is 16.7. The number of nitrogen functional groups attached to an aromatic ring is 1. The molecule has 2 N–H and O–H groups in total. The Labute approximate surface area is 141 Å². The van der Waals surface area contributed by atoms with Crippen LogP contribution in [0.1, 0.15) is 25.3 Å². The van der Waals surface area contributed by atoms with Crippen LogP contribution >= 0.6 is 0 Å². The van der Waals surface area contributed by atoms with Crippen molar-refractivity contribution in [1.82, 2.24) is 0 Å². The van der Waals surface area contributed by atoms with E-state index in [1.807, 2.05) is 13.0 Å². The molecule has 3 atom stereocenters. The number of fused-ring (bicyclic) bond motifs is 1. The number of rotatable bonds is 5. The molecule has 0 spiro atoms. The molecule has 1 aromatic rings. The molecule has 4 nitrogen and oxygen atoms in total. The molecule has 128 valence electrons. The van der Waals surface area contributed by atoms with Crippen LogP contribution in [0.25, 0.3) is 0 Å². The molecule has 1 unspecified atom stereocenters. The second-order valence-electron chi connectivity index (χ2n) is 6.59. The van der Waals surface area contributed by atoms with Gasteiger partial charge in [0.25, 0.3) is 0 Å². The van der Waals surface area contributed by atoms with Gasteiger partial charge in [-0.2, -0.15) is 0 Å². The quantitative estimate of drug-likeness (QED) is 0.664. The van der Waals surface area contributed by atoms with E-state index in [2.05, 4.69) is 6.58 Å². The Morgan fingerprint density at radius 1 is 1.54 bits per heavy atom. The molecule has 24 heavy (non-hydrogen) atoms. The summed E-state index contributed by atoms with van der Waals surface area (Å²) in [5.41, 5.74) is 5.88. The molecule has 2 aliphatic rings. The van der Waals surface area contributed by atoms with E-state index in [4.69, 9.17) is 15.2 Å². The zero-order valence-electron chi connectivity index (χ0n) is 13.8. The molecule has 1 aliphatic heterocycles. The Hall–Kier alpha value is -2.14. The lowest BCUT2D eigenvalue weighted by molar-refractivity contribution is -0.123. The lowest BCUT2D eigenvalue weighted by Gasteiger charge is -2.38. The summed E-state index contributed by atoms with van der Waals surface area (Å²) >= 11 is 0. The van der Waals surface area contributed by atoms with Crippen LogP contribution in [-0.2, 0) is 20.7 Å². The van der Waals surface area contributed by atoms with Crippen molar-refractivity contribution in [2.24, 2.45) is 11.8 Å². The molecule has 1 fully saturated rings. The number of carbonyl (C=O) groups is 1. The van der Waals surface area contributed by atoms with E-state index in [-0.39, 0.29) is 30.1 Å². The van der Waals surface area contributed by atoms with Crippen LogP contribution in [-0.4, -0.2) is 18.2 Å². The Bertz CT molecular complexity index is 700. The van der Waals surface area contributed by atoms with Crippen molar-refractivity contribution in [3.8, 4) is 0 Å². The fourth-order valence-corrected chi connectivity index (χ4v) is 3.63. The lowest BCUT2D eigenvalue weighted by Crippen LogP contribution is -2.44. The zero-order chi connectivity index (χ0) is 17.3. The van der Waals surface area contributed by atoms with Gasteiger partial charge < -0.3 is 15.2 Å². The molecule has 1 aliphatic carbocycles. The Morgan fingerprint density at radius 2 is 2.33 bits per heavy atom. The molecule has 0 bridgehead atoms. The Kier molecular flexibility index (Phi) is 4.45. The third-order valence-corrected chi connectivity index (χ3v) is 5.03. The van der Waals surface area contributed by atoms with Gasteiger partial charge in [0.05, 0.1) is 5.69 Å². The van der Waals surface area contributed by atoms with Crippen molar-refractivity contribution in [1.29, 1.82) is 0 Å². The number of hydrogen-bond donors (Lipinski definition) is 1. The number of benzene rings is 1. The van der Waals surface area contributed by atoms with E-state index in [0.29, 0.717) is 25.0 Å². The predicted octanol–water partition coefficient (Wildman–Crippen LogP) is 3.38. The van der Waals surface area contributed by atoms with Crippen LogP contribution in [0.5, 0.6) is 0 Å². The van der Waals surface area contributed by atoms with Crippen LogP contribution in [0.4, 0.5) is 10.1 Å². The molecule has 0 aromatic heterocycles. The standard InChI is InChI=1S/C19H22FNO3/c1-3-4-14-10-19(18(9-17(14)22)23-11-24-19)12(2)7-13-5-6-16(21)15(20)8-13/h3,5-6,8-9,12,14H,1,4,7,10-11,21H2,2H3/t12?,14-,19+/m0/s1. The van der Waals surface area contributed by atoms with Gasteiger partial charge in [0.2, 0.25) is 0 Å². The minimum Gasteiger partial charge on any atom is -0.469 e. The summed E-state index contributed by atoms with van der Waals surface area (Å²) in [4.78, 5) is 12.2. The monoisotopic (exact) mass is 331 g/mol. The Morgan fingerprint density at radius 3 is 3.04 bits per heavy atom. The highest BCUT2D eigenvalue weighted by Gasteiger charge is 2.51. The third kappa shape index (κ3) is 2.84. The van der Waals surface area contributed by atoms with Gasteiger partial charge >= 0.3 is 0 Å². The summed E-state index contributed by atoms with van der Waals surface area (Å²) in [5, 5.41) is 0. The summed E-state index contributed by atoms with van der Waals surface area (Å²) in [6, 6.07) is 4.85. The van der Waals surface area contributed by atoms with Crippen molar-refractivity contribution in [2.75, 3.05) is 12.5 Å². The van der Waals surface area contributed by atoms with Crippen molar-refractivity contribution >= 4 is 11.5 Å². The van der Waals surface area contributed by atoms with E-state index in [1.165, 1.54) is 6.07 Å². The SMILES string of the molecule is C=CC[C@H]1C[C@]2(C(C)Cc3ccc(N)c(F)c3)OCOC2=CC1=O. The van der Waals surface area contributed by atoms with E-state index in [9.17, 15) is 9.18 Å². The molecule has 5 heteroatoms. The largest absolute Gasteiger partial charge is 0.469 e. The van der Waals surface area contributed by atoms with Crippen molar-refractivity contribution < 1.29 is 18.7 Å². The second-order valence-corrected chi connectivity index (χ2v) is 6.59. The summed E-state index contributed by atoms with van der Waals surface area (Å²) < 4.78 is 25.2. The summed E-state index contributed by atoms with van der Waals surface area (Å²) in [6.45, 7) is 5.91. The van der Waals surface area contributed by atoms with E-state index < -0.39 is 11.4 Å². The minimum atomic E-state index is -0.639. The zero-order valence-corrected chi connectivity index (χ0v) is 13.8. The highest BCUT2D eigenvalue weighted by molar-refractivity contribution is 5.93. The average molecular weight is 331 g/mol. The lowest BCUT2D eigenvalue weighted by atomic mass is 9.71. The number of ether oxygens (including phenoxy) is 2. The fourth-order valence-electron chi connectivity index (χ4n) is 3.63. The van der Waals surface area contributed by atoms with Gasteiger partial charge in [-0.05, 0) is 42.9 Å². The van der Waals surface area contributed by atoms with Crippen LogP contribution in [0.3, 0.4) is 0 Å². The molecular weight excluding hydrogens is 309 g/mol. The van der Waals surface area contributed by atoms with Crippen LogP contribution in [0.15, 0.2) is 42.7 Å². The number of halogens is 1. The summed E-state index contributed by atoms with van der Waals surface area (Å²) in [7, 11) is 0. The fraction of sp³-hybridized carbons (Fsp3) is 0.421. The van der Waals surface area contributed by atoms with Crippen LogP contribution in [0, 0.1) is 17.7 Å². The number of anilines is 1. The first-order valence-electron chi connectivity index (χ1n) is 8.14. The maximum absolute atomic E-state index is 13.7. The van der Waals surface area contributed by atoms with Gasteiger partial charge in [-0.25, -0.2) is 4.39 Å². The summed E-state index contributed by atoms with van der Waals surface area (Å²) in [5.74, 6) is 0.0983. The predicted molar refractivity (Wildman–Crippen MR) is 89.5 cm³/mol. The van der Waals surface area contributed by atoms with Gasteiger partial charge in [0.15, 0.2) is 12.6 Å². The number of ketones is 1. The van der Waals surface area contributed by atoms with Crippen molar-refractivity contribution in [3.05, 3.63) is 54.1 Å². The van der Waals surface area contributed by atoms with E-state index >= 15 is 0 Å². The first-order chi connectivity index (χ1) is 11.5. The molecule has 3 rings (SSSR count). The molecular formula is C19H22FNO3. The van der Waals surface area contributed by atoms with E-state index in [1.54, 1.807) is 18.2 Å². The normalized spacial score (nSPS) is 27.2. The topological polar surface area (TPSA) is 61.6 Å². The van der Waals surface area contributed by atoms with Gasteiger partial charge in [-0.1, -0.05) is 19.1 Å². The molecule has 0 radical (unpaired) electrons. The first-order valence-corrected chi connectivity index (χ1v) is 8.14. The van der Waals surface area contributed by atoms with Crippen molar-refractivity contribution in [3.63, 3.8) is 0 Å². The second kappa shape index (κ2) is 6.40.